The maximum absolute atomic E-state index is 12.6. The van der Waals surface area contributed by atoms with Crippen molar-refractivity contribution in [3.63, 3.8) is 0 Å². The van der Waals surface area contributed by atoms with E-state index in [4.69, 9.17) is 23.2 Å². The van der Waals surface area contributed by atoms with E-state index in [9.17, 15) is 9.59 Å². The second kappa shape index (κ2) is 7.18. The zero-order valence-corrected chi connectivity index (χ0v) is 16.8. The van der Waals surface area contributed by atoms with E-state index in [1.54, 1.807) is 23.1 Å². The summed E-state index contributed by atoms with van der Waals surface area (Å²) in [7, 11) is 0. The van der Waals surface area contributed by atoms with Gasteiger partial charge in [0.1, 0.15) is 5.66 Å². The van der Waals surface area contributed by atoms with Gasteiger partial charge in [0.2, 0.25) is 0 Å². The molecule has 3 N–H and O–H groups in total. The molecule has 4 rings (SSSR count). The SMILES string of the molecule is Cc1cccc2c1NC1(CCN(C(=O)Nc3ccc(Cl)c(Cl)c3)CC1)NC2=O. The van der Waals surface area contributed by atoms with Gasteiger partial charge < -0.3 is 20.9 Å². The average Bonchev–Trinajstić information content (AvgIpc) is 2.66. The zero-order chi connectivity index (χ0) is 19.9. The first-order chi connectivity index (χ1) is 13.4. The Balaban J connectivity index is 1.43. The van der Waals surface area contributed by atoms with Crippen LogP contribution in [-0.4, -0.2) is 35.6 Å². The summed E-state index contributed by atoms with van der Waals surface area (Å²) in [5.41, 5.74) is 2.63. The van der Waals surface area contributed by atoms with E-state index in [0.29, 0.717) is 47.2 Å². The topological polar surface area (TPSA) is 73.5 Å². The van der Waals surface area contributed by atoms with Crippen LogP contribution in [0.4, 0.5) is 16.2 Å². The van der Waals surface area contributed by atoms with E-state index in [1.165, 1.54) is 0 Å². The third kappa shape index (κ3) is 3.50. The van der Waals surface area contributed by atoms with Crippen LogP contribution in [0.1, 0.15) is 28.8 Å². The summed E-state index contributed by atoms with van der Waals surface area (Å²) in [5, 5.41) is 10.3. The Labute approximate surface area is 173 Å². The standard InChI is InChI=1S/C20H20Cl2N4O2/c1-12-3-2-4-14-17(12)24-20(25-18(14)27)7-9-26(10-8-20)19(28)23-13-5-6-15(21)16(22)11-13/h2-6,11,24H,7-10H2,1H3,(H,23,28)(H,25,27). The summed E-state index contributed by atoms with van der Waals surface area (Å²) in [5.74, 6) is -0.0776. The number of amides is 3. The van der Waals surface area contributed by atoms with Crippen LogP contribution >= 0.6 is 23.2 Å². The number of nitrogens with one attached hydrogen (secondary N) is 3. The number of fused-ring (bicyclic) bond motifs is 1. The highest BCUT2D eigenvalue weighted by Crippen LogP contribution is 2.33. The Hall–Kier alpha value is -2.44. The summed E-state index contributed by atoms with van der Waals surface area (Å²) < 4.78 is 0. The molecule has 1 fully saturated rings. The lowest BCUT2D eigenvalue weighted by Gasteiger charge is -2.46. The second-order valence-electron chi connectivity index (χ2n) is 7.20. The molecule has 2 aromatic rings. The van der Waals surface area contributed by atoms with Gasteiger partial charge in [-0.25, -0.2) is 4.79 Å². The van der Waals surface area contributed by atoms with Crippen LogP contribution in [0.3, 0.4) is 0 Å². The first-order valence-electron chi connectivity index (χ1n) is 9.08. The maximum atomic E-state index is 12.6. The first-order valence-corrected chi connectivity index (χ1v) is 9.84. The number of benzene rings is 2. The molecule has 2 aliphatic heterocycles. The van der Waals surface area contributed by atoms with E-state index < -0.39 is 5.66 Å². The number of halogens is 2. The molecule has 0 aliphatic carbocycles. The van der Waals surface area contributed by atoms with Crippen LogP contribution in [0, 0.1) is 6.92 Å². The van der Waals surface area contributed by atoms with Gasteiger partial charge in [-0.2, -0.15) is 0 Å². The number of rotatable bonds is 1. The van der Waals surface area contributed by atoms with Crippen LogP contribution in [0.25, 0.3) is 0 Å². The highest BCUT2D eigenvalue weighted by atomic mass is 35.5. The highest BCUT2D eigenvalue weighted by molar-refractivity contribution is 6.42. The fraction of sp³-hybridized carbons (Fsp3) is 0.300. The second-order valence-corrected chi connectivity index (χ2v) is 8.02. The quantitative estimate of drug-likeness (QED) is 0.638. The molecule has 28 heavy (non-hydrogen) atoms. The Morgan fingerprint density at radius 1 is 1.11 bits per heavy atom. The molecule has 6 nitrogen and oxygen atoms in total. The largest absolute Gasteiger partial charge is 0.362 e. The number of hydrogen-bond donors (Lipinski definition) is 3. The monoisotopic (exact) mass is 418 g/mol. The molecular weight excluding hydrogens is 399 g/mol. The summed E-state index contributed by atoms with van der Waals surface area (Å²) in [6.07, 6.45) is 1.22. The number of hydrogen-bond acceptors (Lipinski definition) is 3. The van der Waals surface area contributed by atoms with Crippen molar-refractivity contribution in [2.45, 2.75) is 25.4 Å². The smallest absolute Gasteiger partial charge is 0.321 e. The first kappa shape index (κ1) is 18.9. The van der Waals surface area contributed by atoms with Gasteiger partial charge in [0, 0.05) is 31.6 Å². The minimum absolute atomic E-state index is 0.0776. The number of urea groups is 1. The fourth-order valence-corrected chi connectivity index (χ4v) is 3.99. The molecule has 2 aromatic carbocycles. The van der Waals surface area contributed by atoms with Crippen molar-refractivity contribution in [2.24, 2.45) is 0 Å². The number of likely N-dealkylation sites (tertiary alicyclic amines) is 1. The summed E-state index contributed by atoms with van der Waals surface area (Å²) >= 11 is 11.9. The Morgan fingerprint density at radius 2 is 1.86 bits per heavy atom. The molecule has 8 heteroatoms. The zero-order valence-electron chi connectivity index (χ0n) is 15.3. The molecule has 1 saturated heterocycles. The lowest BCUT2D eigenvalue weighted by Crippen LogP contribution is -2.63. The Kier molecular flexibility index (Phi) is 4.85. The molecule has 2 heterocycles. The van der Waals surface area contributed by atoms with Crippen molar-refractivity contribution in [2.75, 3.05) is 23.7 Å². The third-order valence-electron chi connectivity index (χ3n) is 5.31. The number of carbonyl (C=O) groups is 2. The van der Waals surface area contributed by atoms with Crippen molar-refractivity contribution in [3.8, 4) is 0 Å². The lowest BCUT2D eigenvalue weighted by atomic mass is 9.91. The number of carbonyl (C=O) groups excluding carboxylic acids is 2. The van der Waals surface area contributed by atoms with Crippen molar-refractivity contribution in [3.05, 3.63) is 57.6 Å². The molecular formula is C20H20Cl2N4O2. The van der Waals surface area contributed by atoms with E-state index >= 15 is 0 Å². The number of nitrogens with zero attached hydrogens (tertiary/aromatic N) is 1. The summed E-state index contributed by atoms with van der Waals surface area (Å²) in [4.78, 5) is 26.9. The third-order valence-corrected chi connectivity index (χ3v) is 6.05. The van der Waals surface area contributed by atoms with Crippen molar-refractivity contribution >= 4 is 46.5 Å². The molecule has 0 atom stereocenters. The van der Waals surface area contributed by atoms with Crippen LogP contribution < -0.4 is 16.0 Å². The van der Waals surface area contributed by atoms with Crippen molar-refractivity contribution < 1.29 is 9.59 Å². The molecule has 2 aliphatic rings. The normalized spacial score (nSPS) is 17.5. The Bertz CT molecular complexity index is 955. The van der Waals surface area contributed by atoms with Gasteiger partial charge in [0.05, 0.1) is 21.3 Å². The molecule has 0 unspecified atom stereocenters. The predicted molar refractivity (Wildman–Crippen MR) is 111 cm³/mol. The van der Waals surface area contributed by atoms with Crippen LogP contribution in [0.15, 0.2) is 36.4 Å². The average molecular weight is 419 g/mol. The van der Waals surface area contributed by atoms with Gasteiger partial charge in [-0.05, 0) is 36.8 Å². The number of piperidine rings is 1. The number of anilines is 2. The van der Waals surface area contributed by atoms with Crippen LogP contribution in [-0.2, 0) is 0 Å². The molecule has 1 spiro atoms. The van der Waals surface area contributed by atoms with E-state index in [1.807, 2.05) is 25.1 Å². The van der Waals surface area contributed by atoms with E-state index in [2.05, 4.69) is 16.0 Å². The summed E-state index contributed by atoms with van der Waals surface area (Å²) in [6, 6.07) is 10.5. The molecule has 3 amide bonds. The fourth-order valence-electron chi connectivity index (χ4n) is 3.70. The predicted octanol–water partition coefficient (Wildman–Crippen LogP) is 4.48. The number of para-hydroxylation sites is 1. The van der Waals surface area contributed by atoms with Gasteiger partial charge in [0.15, 0.2) is 0 Å². The molecule has 0 saturated carbocycles. The van der Waals surface area contributed by atoms with Crippen LogP contribution in [0.5, 0.6) is 0 Å². The molecule has 0 aromatic heterocycles. The van der Waals surface area contributed by atoms with Gasteiger partial charge in [-0.1, -0.05) is 35.3 Å². The molecule has 0 bridgehead atoms. The van der Waals surface area contributed by atoms with Crippen molar-refractivity contribution in [1.29, 1.82) is 0 Å². The van der Waals surface area contributed by atoms with E-state index in [-0.39, 0.29) is 11.9 Å². The molecule has 146 valence electrons. The lowest BCUT2D eigenvalue weighted by molar-refractivity contribution is 0.0851. The maximum Gasteiger partial charge on any atom is 0.321 e. The highest BCUT2D eigenvalue weighted by Gasteiger charge is 2.41. The number of aryl methyl sites for hydroxylation is 1. The van der Waals surface area contributed by atoms with Crippen LogP contribution in [0.2, 0.25) is 10.0 Å². The van der Waals surface area contributed by atoms with Gasteiger partial charge in [0.25, 0.3) is 5.91 Å². The minimum Gasteiger partial charge on any atom is -0.362 e. The Morgan fingerprint density at radius 3 is 2.57 bits per heavy atom. The van der Waals surface area contributed by atoms with Gasteiger partial charge in [-0.15, -0.1) is 0 Å². The van der Waals surface area contributed by atoms with Crippen molar-refractivity contribution in [1.82, 2.24) is 10.2 Å². The van der Waals surface area contributed by atoms with E-state index in [0.717, 1.165) is 11.3 Å². The summed E-state index contributed by atoms with van der Waals surface area (Å²) in [6.45, 7) is 3.02. The van der Waals surface area contributed by atoms with Gasteiger partial charge in [-0.3, -0.25) is 4.79 Å². The minimum atomic E-state index is -0.531. The molecule has 0 radical (unpaired) electrons. The van der Waals surface area contributed by atoms with Gasteiger partial charge >= 0.3 is 6.03 Å².